The third-order valence-electron chi connectivity index (χ3n) is 5.20. The van der Waals surface area contributed by atoms with Crippen molar-refractivity contribution in [2.24, 2.45) is 0 Å². The Hall–Kier alpha value is -2.01. The molecular formula is C21H25NO3S. The molecule has 26 heavy (non-hydrogen) atoms. The minimum absolute atomic E-state index is 0.0799. The normalized spacial score (nSPS) is 20.2. The molecule has 0 bridgehead atoms. The van der Waals surface area contributed by atoms with E-state index in [0.29, 0.717) is 11.1 Å². The van der Waals surface area contributed by atoms with Gasteiger partial charge in [-0.2, -0.15) is 0 Å². The molecule has 1 fully saturated rings. The molecule has 0 radical (unpaired) electrons. The molecule has 0 N–H and O–H groups in total. The van der Waals surface area contributed by atoms with E-state index >= 15 is 0 Å². The molecule has 0 aromatic heterocycles. The Morgan fingerprint density at radius 1 is 1.19 bits per heavy atom. The smallest absolute Gasteiger partial charge is 0.340 e. The number of allylic oxidation sites excluding steroid dienone is 1. The lowest BCUT2D eigenvalue weighted by atomic mass is 9.94. The highest BCUT2D eigenvalue weighted by molar-refractivity contribution is 7.98. The molecule has 138 valence electrons. The summed E-state index contributed by atoms with van der Waals surface area (Å²) in [5.41, 5.74) is 2.47. The fraction of sp³-hybridized carbons (Fsp3) is 0.429. The second-order valence-electron chi connectivity index (χ2n) is 6.75. The Kier molecular flexibility index (Phi) is 5.87. The summed E-state index contributed by atoms with van der Waals surface area (Å²) in [4.78, 5) is 28.6. The molecule has 1 aromatic carbocycles. The molecule has 1 saturated carbocycles. The number of esters is 1. The van der Waals surface area contributed by atoms with Crippen LogP contribution in [0.5, 0.6) is 0 Å². The molecule has 4 nitrogen and oxygen atoms in total. The predicted octanol–water partition coefficient (Wildman–Crippen LogP) is 4.41. The van der Waals surface area contributed by atoms with E-state index < -0.39 is 5.97 Å². The Morgan fingerprint density at radius 2 is 1.85 bits per heavy atom. The van der Waals surface area contributed by atoms with Crippen molar-refractivity contribution in [2.45, 2.75) is 50.0 Å². The van der Waals surface area contributed by atoms with Gasteiger partial charge in [0.1, 0.15) is 0 Å². The number of methoxy groups -OCH3 is 1. The highest BCUT2D eigenvalue weighted by Crippen LogP contribution is 2.36. The summed E-state index contributed by atoms with van der Waals surface area (Å²) < 4.78 is 4.97. The van der Waals surface area contributed by atoms with E-state index in [9.17, 15) is 9.59 Å². The number of hydrogen-bond acceptors (Lipinski definition) is 4. The maximum Gasteiger partial charge on any atom is 0.340 e. The lowest BCUT2D eigenvalue weighted by molar-refractivity contribution is -0.136. The van der Waals surface area contributed by atoms with Gasteiger partial charge in [-0.05, 0) is 49.8 Å². The van der Waals surface area contributed by atoms with Gasteiger partial charge < -0.3 is 9.64 Å². The first-order valence-electron chi connectivity index (χ1n) is 9.05. The number of thioether (sulfide) groups is 1. The third kappa shape index (κ3) is 3.58. The quantitative estimate of drug-likeness (QED) is 0.447. The Labute approximate surface area is 159 Å². The molecule has 0 spiro atoms. The molecule has 3 rings (SSSR count). The van der Waals surface area contributed by atoms with Crippen molar-refractivity contribution in [1.82, 2.24) is 4.90 Å². The Morgan fingerprint density at radius 3 is 2.42 bits per heavy atom. The molecular weight excluding hydrogens is 346 g/mol. The lowest BCUT2D eigenvalue weighted by Gasteiger charge is -2.32. The van der Waals surface area contributed by atoms with Crippen LogP contribution in [0, 0.1) is 0 Å². The maximum absolute atomic E-state index is 13.2. The van der Waals surface area contributed by atoms with Crippen LogP contribution >= 0.6 is 11.8 Å². The summed E-state index contributed by atoms with van der Waals surface area (Å²) in [6, 6.07) is 8.16. The average molecular weight is 372 g/mol. The van der Waals surface area contributed by atoms with Gasteiger partial charge in [-0.15, -0.1) is 11.8 Å². The van der Waals surface area contributed by atoms with E-state index in [2.05, 4.69) is 0 Å². The second kappa shape index (κ2) is 8.12. The first-order valence-corrected chi connectivity index (χ1v) is 10.3. The minimum Gasteiger partial charge on any atom is -0.465 e. The first kappa shape index (κ1) is 18.8. The minimum atomic E-state index is -0.443. The van der Waals surface area contributed by atoms with Gasteiger partial charge in [-0.25, -0.2) is 4.79 Å². The topological polar surface area (TPSA) is 46.6 Å². The molecule has 2 aliphatic rings. The number of nitrogens with zero attached hydrogens (tertiary/aromatic N) is 1. The number of benzene rings is 1. The summed E-state index contributed by atoms with van der Waals surface area (Å²) in [5, 5.41) is 0. The van der Waals surface area contributed by atoms with E-state index in [1.165, 1.54) is 13.5 Å². The van der Waals surface area contributed by atoms with Crippen LogP contribution in [-0.2, 0) is 14.3 Å². The molecule has 0 unspecified atom stereocenters. The van der Waals surface area contributed by atoms with Gasteiger partial charge >= 0.3 is 5.97 Å². The van der Waals surface area contributed by atoms with Gasteiger partial charge in [0.05, 0.1) is 18.3 Å². The largest absolute Gasteiger partial charge is 0.465 e. The fourth-order valence-corrected chi connectivity index (χ4v) is 4.25. The van der Waals surface area contributed by atoms with E-state index in [1.54, 1.807) is 11.8 Å². The van der Waals surface area contributed by atoms with Crippen molar-refractivity contribution < 1.29 is 14.3 Å². The van der Waals surface area contributed by atoms with Crippen LogP contribution < -0.4 is 0 Å². The van der Waals surface area contributed by atoms with Crippen molar-refractivity contribution in [3.05, 3.63) is 46.7 Å². The summed E-state index contributed by atoms with van der Waals surface area (Å²) in [5.74, 6) is -0.523. The van der Waals surface area contributed by atoms with Crippen molar-refractivity contribution in [3.8, 4) is 0 Å². The van der Waals surface area contributed by atoms with Crippen LogP contribution in [0.15, 0.2) is 46.0 Å². The monoisotopic (exact) mass is 371 g/mol. The molecule has 1 heterocycles. The van der Waals surface area contributed by atoms with Gasteiger partial charge in [-0.3, -0.25) is 4.79 Å². The SMILES string of the molecule is COC(=O)C1=C(C)N(C2CCCCC2)C(=O)/C1=C\c1ccc(SC)cc1. The third-order valence-corrected chi connectivity index (χ3v) is 5.94. The van der Waals surface area contributed by atoms with E-state index in [-0.39, 0.29) is 11.9 Å². The van der Waals surface area contributed by atoms with E-state index in [0.717, 1.165) is 41.8 Å². The zero-order valence-electron chi connectivity index (χ0n) is 15.6. The van der Waals surface area contributed by atoms with Crippen LogP contribution in [0.1, 0.15) is 44.6 Å². The molecule has 0 atom stereocenters. The Bertz CT molecular complexity index is 758. The van der Waals surface area contributed by atoms with Gasteiger partial charge in [0.2, 0.25) is 0 Å². The summed E-state index contributed by atoms with van der Waals surface area (Å²) in [6.07, 6.45) is 9.30. The van der Waals surface area contributed by atoms with Crippen molar-refractivity contribution in [3.63, 3.8) is 0 Å². The highest BCUT2D eigenvalue weighted by atomic mass is 32.2. The standard InChI is InChI=1S/C21H25NO3S/c1-14-19(21(24)25-2)18(13-15-9-11-17(26-3)12-10-15)20(23)22(14)16-7-5-4-6-8-16/h9-13,16H,4-8H2,1-3H3/b18-13-. The molecule has 1 amide bonds. The number of rotatable bonds is 4. The zero-order chi connectivity index (χ0) is 18.7. The summed E-state index contributed by atoms with van der Waals surface area (Å²) >= 11 is 1.67. The predicted molar refractivity (Wildman–Crippen MR) is 105 cm³/mol. The van der Waals surface area contributed by atoms with Crippen LogP contribution in [-0.4, -0.2) is 36.2 Å². The van der Waals surface area contributed by atoms with Crippen molar-refractivity contribution >= 4 is 29.7 Å². The van der Waals surface area contributed by atoms with Gasteiger partial charge in [-0.1, -0.05) is 31.4 Å². The number of amides is 1. The van der Waals surface area contributed by atoms with Crippen molar-refractivity contribution in [2.75, 3.05) is 13.4 Å². The average Bonchev–Trinajstić information content (AvgIpc) is 2.92. The molecule has 5 heteroatoms. The molecule has 1 aliphatic carbocycles. The lowest BCUT2D eigenvalue weighted by Crippen LogP contribution is -2.37. The highest BCUT2D eigenvalue weighted by Gasteiger charge is 2.40. The van der Waals surface area contributed by atoms with Gasteiger partial charge in [0.15, 0.2) is 0 Å². The first-order chi connectivity index (χ1) is 12.6. The van der Waals surface area contributed by atoms with Gasteiger partial charge in [0.25, 0.3) is 5.91 Å². The molecule has 1 aromatic rings. The van der Waals surface area contributed by atoms with Crippen LogP contribution in [0.2, 0.25) is 0 Å². The number of carbonyl (C=O) groups excluding carboxylic acids is 2. The van der Waals surface area contributed by atoms with Gasteiger partial charge in [0, 0.05) is 16.6 Å². The fourth-order valence-electron chi connectivity index (χ4n) is 3.84. The van der Waals surface area contributed by atoms with Crippen LogP contribution in [0.3, 0.4) is 0 Å². The number of hydrogen-bond donors (Lipinski definition) is 0. The maximum atomic E-state index is 13.2. The Balaban J connectivity index is 2.00. The van der Waals surface area contributed by atoms with Crippen LogP contribution in [0.25, 0.3) is 6.08 Å². The zero-order valence-corrected chi connectivity index (χ0v) is 16.4. The number of carbonyl (C=O) groups is 2. The summed E-state index contributed by atoms with van der Waals surface area (Å²) in [6.45, 7) is 1.86. The van der Waals surface area contributed by atoms with E-state index in [4.69, 9.17) is 4.74 Å². The second-order valence-corrected chi connectivity index (χ2v) is 7.63. The summed E-state index contributed by atoms with van der Waals surface area (Å²) in [7, 11) is 1.36. The van der Waals surface area contributed by atoms with Crippen LogP contribution in [0.4, 0.5) is 0 Å². The molecule has 0 saturated heterocycles. The van der Waals surface area contributed by atoms with Crippen molar-refractivity contribution in [1.29, 1.82) is 0 Å². The number of ether oxygens (including phenoxy) is 1. The van der Waals surface area contributed by atoms with E-state index in [1.807, 2.05) is 48.4 Å². The molecule has 1 aliphatic heterocycles.